The van der Waals surface area contributed by atoms with Crippen LogP contribution in [0.3, 0.4) is 0 Å². The van der Waals surface area contributed by atoms with E-state index in [2.05, 4.69) is 46.0 Å². The third-order valence-corrected chi connectivity index (χ3v) is 4.35. The van der Waals surface area contributed by atoms with Crippen LogP contribution in [0.25, 0.3) is 11.1 Å². The van der Waals surface area contributed by atoms with Gasteiger partial charge in [0.05, 0.1) is 12.8 Å². The van der Waals surface area contributed by atoms with Gasteiger partial charge in [-0.15, -0.1) is 0 Å². The third kappa shape index (κ3) is 2.21. The Morgan fingerprint density at radius 2 is 1.42 bits per heavy atom. The summed E-state index contributed by atoms with van der Waals surface area (Å²) in [5.41, 5.74) is 9.44. The van der Waals surface area contributed by atoms with Gasteiger partial charge in [0.15, 0.2) is 0 Å². The minimum absolute atomic E-state index is 0.757. The molecule has 0 aliphatic carbocycles. The average Bonchev–Trinajstić information content (AvgIpc) is 2.83. The van der Waals surface area contributed by atoms with Gasteiger partial charge in [-0.25, -0.2) is 0 Å². The highest BCUT2D eigenvalue weighted by Crippen LogP contribution is 2.36. The molecule has 0 atom stereocenters. The predicted molar refractivity (Wildman–Crippen MR) is 80.6 cm³/mol. The first-order valence-electron chi connectivity index (χ1n) is 6.77. The van der Waals surface area contributed by atoms with E-state index < -0.39 is 0 Å². The fraction of sp³-hybridized carbons (Fsp3) is 0.412. The third-order valence-electron chi connectivity index (χ3n) is 4.35. The number of hydrogen-bond acceptors (Lipinski definition) is 2. The maximum Gasteiger partial charge on any atom is 0.125 e. The lowest BCUT2D eigenvalue weighted by atomic mass is 9.86. The van der Waals surface area contributed by atoms with Crippen molar-refractivity contribution in [1.29, 1.82) is 0 Å². The Bertz CT molecular complexity index is 579. The first-order valence-corrected chi connectivity index (χ1v) is 6.77. The number of furan rings is 1. The lowest BCUT2D eigenvalue weighted by Crippen LogP contribution is -2.06. The molecule has 102 valence electrons. The highest BCUT2D eigenvalue weighted by Gasteiger charge is 2.17. The molecule has 2 nitrogen and oxygen atoms in total. The number of hydrogen-bond donors (Lipinski definition) is 1. The lowest BCUT2D eigenvalue weighted by molar-refractivity contribution is 0.496. The summed E-state index contributed by atoms with van der Waals surface area (Å²) >= 11 is 0. The van der Waals surface area contributed by atoms with Crippen LogP contribution in [0.1, 0.15) is 33.6 Å². The summed E-state index contributed by atoms with van der Waals surface area (Å²) < 4.78 is 5.62. The van der Waals surface area contributed by atoms with Crippen molar-refractivity contribution >= 4 is 0 Å². The molecule has 1 aromatic heterocycles. The van der Waals surface area contributed by atoms with E-state index in [1.165, 1.54) is 38.9 Å². The maximum atomic E-state index is 5.62. The van der Waals surface area contributed by atoms with Gasteiger partial charge in [0.25, 0.3) is 0 Å². The van der Waals surface area contributed by atoms with Gasteiger partial charge in [0, 0.05) is 5.56 Å². The van der Waals surface area contributed by atoms with Crippen LogP contribution in [0.5, 0.6) is 0 Å². The first-order chi connectivity index (χ1) is 8.99. The van der Waals surface area contributed by atoms with E-state index >= 15 is 0 Å². The number of rotatable bonds is 3. The molecule has 0 bridgehead atoms. The second-order valence-electron chi connectivity index (χ2n) is 5.29. The van der Waals surface area contributed by atoms with Crippen molar-refractivity contribution in [2.24, 2.45) is 0 Å². The van der Waals surface area contributed by atoms with Crippen molar-refractivity contribution in [2.45, 2.75) is 41.2 Å². The van der Waals surface area contributed by atoms with Crippen LogP contribution in [0.2, 0.25) is 0 Å². The van der Waals surface area contributed by atoms with Gasteiger partial charge in [-0.05, 0) is 81.1 Å². The molecule has 0 saturated carbocycles. The summed E-state index contributed by atoms with van der Waals surface area (Å²) in [5.74, 6) is 1.01. The van der Waals surface area contributed by atoms with Gasteiger partial charge < -0.3 is 9.73 Å². The van der Waals surface area contributed by atoms with E-state index in [1.54, 1.807) is 6.26 Å². The van der Waals surface area contributed by atoms with Gasteiger partial charge in [0.1, 0.15) is 5.76 Å². The monoisotopic (exact) mass is 257 g/mol. The summed E-state index contributed by atoms with van der Waals surface area (Å²) in [4.78, 5) is 0. The fourth-order valence-corrected chi connectivity index (χ4v) is 2.76. The van der Waals surface area contributed by atoms with Crippen LogP contribution in [0.15, 0.2) is 16.7 Å². The van der Waals surface area contributed by atoms with E-state index in [1.807, 2.05) is 7.05 Å². The van der Waals surface area contributed by atoms with E-state index in [4.69, 9.17) is 4.42 Å². The molecule has 2 heteroatoms. The molecule has 0 spiro atoms. The lowest BCUT2D eigenvalue weighted by Gasteiger charge is -2.18. The minimum atomic E-state index is 0.757. The van der Waals surface area contributed by atoms with E-state index in [0.29, 0.717) is 0 Å². The van der Waals surface area contributed by atoms with Crippen LogP contribution < -0.4 is 5.32 Å². The molecule has 0 amide bonds. The zero-order valence-electron chi connectivity index (χ0n) is 12.8. The van der Waals surface area contributed by atoms with Crippen molar-refractivity contribution in [3.05, 3.63) is 45.9 Å². The van der Waals surface area contributed by atoms with Crippen molar-refractivity contribution in [2.75, 3.05) is 7.05 Å². The Morgan fingerprint density at radius 1 is 0.895 bits per heavy atom. The van der Waals surface area contributed by atoms with Crippen molar-refractivity contribution in [1.82, 2.24) is 5.32 Å². The Labute approximate surface area is 115 Å². The normalized spacial score (nSPS) is 11.1. The second kappa shape index (κ2) is 5.22. The average molecular weight is 257 g/mol. The molecular weight excluding hydrogens is 234 g/mol. The van der Waals surface area contributed by atoms with Crippen molar-refractivity contribution in [3.63, 3.8) is 0 Å². The molecule has 2 rings (SSSR count). The molecule has 1 aromatic carbocycles. The first kappa shape index (κ1) is 13.9. The highest BCUT2D eigenvalue weighted by atomic mass is 16.3. The quantitative estimate of drug-likeness (QED) is 0.891. The SMILES string of the molecule is CNCc1occc1-c1c(C)c(C)c(C)c(C)c1C. The van der Waals surface area contributed by atoms with Crippen molar-refractivity contribution < 1.29 is 4.42 Å². The summed E-state index contributed by atoms with van der Waals surface area (Å²) in [6, 6.07) is 2.08. The standard InChI is InChI=1S/C17H23NO/c1-10-11(2)13(4)17(14(5)12(10)3)15-7-8-19-16(15)9-18-6/h7-8,18H,9H2,1-6H3. The summed E-state index contributed by atoms with van der Waals surface area (Å²) in [5, 5.41) is 3.17. The Hall–Kier alpha value is -1.54. The largest absolute Gasteiger partial charge is 0.467 e. The molecule has 0 radical (unpaired) electrons. The molecule has 0 unspecified atom stereocenters. The molecule has 0 fully saturated rings. The van der Waals surface area contributed by atoms with Crippen LogP contribution in [0.4, 0.5) is 0 Å². The van der Waals surface area contributed by atoms with Gasteiger partial charge >= 0.3 is 0 Å². The van der Waals surface area contributed by atoms with E-state index in [-0.39, 0.29) is 0 Å². The maximum absolute atomic E-state index is 5.62. The fourth-order valence-electron chi connectivity index (χ4n) is 2.76. The topological polar surface area (TPSA) is 25.2 Å². The van der Waals surface area contributed by atoms with Crippen molar-refractivity contribution in [3.8, 4) is 11.1 Å². The zero-order valence-corrected chi connectivity index (χ0v) is 12.8. The van der Waals surface area contributed by atoms with Crippen LogP contribution in [-0.4, -0.2) is 7.05 Å². The van der Waals surface area contributed by atoms with E-state index in [0.717, 1.165) is 12.3 Å². The molecule has 2 aromatic rings. The molecule has 0 aliphatic rings. The minimum Gasteiger partial charge on any atom is -0.467 e. The number of benzene rings is 1. The zero-order chi connectivity index (χ0) is 14.2. The van der Waals surface area contributed by atoms with Gasteiger partial charge in [-0.1, -0.05) is 0 Å². The predicted octanol–water partition coefficient (Wildman–Crippen LogP) is 4.21. The molecule has 0 aliphatic heterocycles. The molecule has 0 saturated heterocycles. The highest BCUT2D eigenvalue weighted by molar-refractivity contribution is 5.75. The van der Waals surface area contributed by atoms with Crippen LogP contribution >= 0.6 is 0 Å². The Kier molecular flexibility index (Phi) is 3.81. The summed E-state index contributed by atoms with van der Waals surface area (Å²) in [7, 11) is 1.94. The molecule has 19 heavy (non-hydrogen) atoms. The summed E-state index contributed by atoms with van der Waals surface area (Å²) in [6.07, 6.45) is 1.78. The Morgan fingerprint density at radius 3 is 1.95 bits per heavy atom. The van der Waals surface area contributed by atoms with Gasteiger partial charge in [-0.3, -0.25) is 0 Å². The summed E-state index contributed by atoms with van der Waals surface area (Å²) in [6.45, 7) is 11.8. The smallest absolute Gasteiger partial charge is 0.125 e. The Balaban J connectivity index is 2.72. The van der Waals surface area contributed by atoms with Gasteiger partial charge in [-0.2, -0.15) is 0 Å². The number of nitrogens with one attached hydrogen (secondary N) is 1. The second-order valence-corrected chi connectivity index (χ2v) is 5.29. The van der Waals surface area contributed by atoms with Gasteiger partial charge in [0.2, 0.25) is 0 Å². The van der Waals surface area contributed by atoms with E-state index in [9.17, 15) is 0 Å². The molecular formula is C17H23NO. The molecule has 1 N–H and O–H groups in total. The van der Waals surface area contributed by atoms with Crippen LogP contribution in [-0.2, 0) is 6.54 Å². The molecule has 1 heterocycles. The van der Waals surface area contributed by atoms with Crippen LogP contribution in [0, 0.1) is 34.6 Å².